The van der Waals surface area contributed by atoms with Gasteiger partial charge in [0.25, 0.3) is 0 Å². The van der Waals surface area contributed by atoms with Gasteiger partial charge in [0.1, 0.15) is 0 Å². The van der Waals surface area contributed by atoms with Crippen molar-refractivity contribution in [2.75, 3.05) is 18.6 Å². The predicted octanol–water partition coefficient (Wildman–Crippen LogP) is -0.265. The molecule has 6 heteroatoms. The van der Waals surface area contributed by atoms with E-state index in [1.54, 1.807) is 6.92 Å². The summed E-state index contributed by atoms with van der Waals surface area (Å²) in [5, 5.41) is 10.1. The Labute approximate surface area is 89.3 Å². The van der Waals surface area contributed by atoms with Gasteiger partial charge in [-0.05, 0) is 12.8 Å². The number of aliphatic hydroxyl groups is 1. The highest BCUT2D eigenvalue weighted by Crippen LogP contribution is 2.33. The molecule has 1 N–H and O–H groups in total. The SMILES string of the molecule is CCC(C(=O)OC)C1(O)CCS(=O)(=O)C1. The zero-order valence-electron chi connectivity index (χ0n) is 8.89. The minimum Gasteiger partial charge on any atom is -0.469 e. The molecule has 2 atom stereocenters. The molecule has 0 aromatic heterocycles. The molecular formula is C9H16O5S. The third kappa shape index (κ3) is 2.49. The molecule has 0 aromatic rings. The zero-order chi connectivity index (χ0) is 11.7. The van der Waals surface area contributed by atoms with Crippen molar-refractivity contribution in [1.82, 2.24) is 0 Å². The standard InChI is InChI=1S/C9H16O5S/c1-3-7(8(10)14-2)9(11)4-5-15(12,13)6-9/h7,11H,3-6H2,1-2H3. The third-order valence-corrected chi connectivity index (χ3v) is 4.62. The van der Waals surface area contributed by atoms with Gasteiger partial charge in [0, 0.05) is 0 Å². The number of sulfone groups is 1. The molecule has 2 unspecified atom stereocenters. The Morgan fingerprint density at radius 2 is 2.20 bits per heavy atom. The molecule has 0 radical (unpaired) electrons. The number of carbonyl (C=O) groups is 1. The fraction of sp³-hybridized carbons (Fsp3) is 0.889. The lowest BCUT2D eigenvalue weighted by molar-refractivity contribution is -0.154. The Morgan fingerprint density at radius 1 is 1.60 bits per heavy atom. The van der Waals surface area contributed by atoms with Gasteiger partial charge in [-0.3, -0.25) is 4.79 Å². The van der Waals surface area contributed by atoms with Crippen molar-refractivity contribution >= 4 is 15.8 Å². The first-order chi connectivity index (χ1) is 6.84. The van der Waals surface area contributed by atoms with E-state index in [0.29, 0.717) is 6.42 Å². The molecule has 0 bridgehead atoms. The van der Waals surface area contributed by atoms with Crippen LogP contribution in [0.1, 0.15) is 19.8 Å². The topological polar surface area (TPSA) is 80.7 Å². The summed E-state index contributed by atoms with van der Waals surface area (Å²) in [7, 11) is -1.97. The third-order valence-electron chi connectivity index (χ3n) is 2.86. The second kappa shape index (κ2) is 4.09. The second-order valence-corrected chi connectivity index (χ2v) is 6.11. The number of hydrogen-bond donors (Lipinski definition) is 1. The average Bonchev–Trinajstić information content (AvgIpc) is 2.42. The van der Waals surface area contributed by atoms with Crippen LogP contribution in [0.15, 0.2) is 0 Å². The summed E-state index contributed by atoms with van der Waals surface area (Å²) in [5.41, 5.74) is -1.44. The van der Waals surface area contributed by atoms with Crippen LogP contribution in [0.25, 0.3) is 0 Å². The zero-order valence-corrected chi connectivity index (χ0v) is 9.71. The monoisotopic (exact) mass is 236 g/mol. The largest absolute Gasteiger partial charge is 0.469 e. The maximum absolute atomic E-state index is 11.4. The Balaban J connectivity index is 2.90. The number of carbonyl (C=O) groups excluding carboxylic acids is 1. The molecule has 88 valence electrons. The minimum absolute atomic E-state index is 0.0585. The summed E-state index contributed by atoms with van der Waals surface area (Å²) < 4.78 is 27.1. The first kappa shape index (κ1) is 12.4. The van der Waals surface area contributed by atoms with Crippen molar-refractivity contribution in [3.05, 3.63) is 0 Å². The van der Waals surface area contributed by atoms with E-state index in [9.17, 15) is 18.3 Å². The molecule has 0 aromatic carbocycles. The first-order valence-corrected chi connectivity index (χ1v) is 6.67. The quantitative estimate of drug-likeness (QED) is 0.682. The summed E-state index contributed by atoms with van der Waals surface area (Å²) >= 11 is 0. The van der Waals surface area contributed by atoms with E-state index in [4.69, 9.17) is 0 Å². The van der Waals surface area contributed by atoms with Crippen LogP contribution in [0.3, 0.4) is 0 Å². The van der Waals surface area contributed by atoms with Gasteiger partial charge < -0.3 is 9.84 Å². The lowest BCUT2D eigenvalue weighted by Gasteiger charge is -2.28. The van der Waals surface area contributed by atoms with Gasteiger partial charge in [0.2, 0.25) is 0 Å². The highest BCUT2D eigenvalue weighted by molar-refractivity contribution is 7.91. The Hall–Kier alpha value is -0.620. The molecule has 1 heterocycles. The van der Waals surface area contributed by atoms with Crippen molar-refractivity contribution in [2.45, 2.75) is 25.4 Å². The molecule has 1 aliphatic rings. The van der Waals surface area contributed by atoms with Crippen LogP contribution in [-0.2, 0) is 19.4 Å². The molecule has 0 saturated carbocycles. The van der Waals surface area contributed by atoms with Gasteiger partial charge in [-0.15, -0.1) is 0 Å². The Bertz CT molecular complexity index is 348. The number of hydrogen-bond acceptors (Lipinski definition) is 5. The lowest BCUT2D eigenvalue weighted by Crippen LogP contribution is -2.43. The molecule has 0 aliphatic carbocycles. The molecule has 0 spiro atoms. The summed E-state index contributed by atoms with van der Waals surface area (Å²) in [5.74, 6) is -1.69. The highest BCUT2D eigenvalue weighted by Gasteiger charge is 2.49. The minimum atomic E-state index is -3.21. The van der Waals surface area contributed by atoms with Crippen LogP contribution >= 0.6 is 0 Å². The maximum atomic E-state index is 11.4. The van der Waals surface area contributed by atoms with E-state index in [-0.39, 0.29) is 17.9 Å². The van der Waals surface area contributed by atoms with Crippen LogP contribution in [0.4, 0.5) is 0 Å². The van der Waals surface area contributed by atoms with Crippen LogP contribution in [0.5, 0.6) is 0 Å². The fourth-order valence-corrected chi connectivity index (χ4v) is 3.96. The number of ether oxygens (including phenoxy) is 1. The van der Waals surface area contributed by atoms with Crippen LogP contribution in [0.2, 0.25) is 0 Å². The molecule has 15 heavy (non-hydrogen) atoms. The van der Waals surface area contributed by atoms with E-state index >= 15 is 0 Å². The molecule has 1 fully saturated rings. The predicted molar refractivity (Wildman–Crippen MR) is 54.0 cm³/mol. The van der Waals surface area contributed by atoms with E-state index in [0.717, 1.165) is 0 Å². The van der Waals surface area contributed by atoms with Gasteiger partial charge in [0.15, 0.2) is 9.84 Å². The van der Waals surface area contributed by atoms with E-state index < -0.39 is 27.3 Å². The summed E-state index contributed by atoms with van der Waals surface area (Å²) in [6.07, 6.45) is 0.488. The lowest BCUT2D eigenvalue weighted by atomic mass is 9.85. The van der Waals surface area contributed by atoms with Crippen molar-refractivity contribution in [2.24, 2.45) is 5.92 Å². The van der Waals surface area contributed by atoms with E-state index in [2.05, 4.69) is 4.74 Å². The normalized spacial score (nSPS) is 31.1. The molecular weight excluding hydrogens is 220 g/mol. The Morgan fingerprint density at radius 3 is 2.53 bits per heavy atom. The van der Waals surface area contributed by atoms with Crippen LogP contribution in [0, 0.1) is 5.92 Å². The smallest absolute Gasteiger partial charge is 0.311 e. The summed E-state index contributed by atoms with van der Waals surface area (Å²) in [6.45, 7) is 1.73. The summed E-state index contributed by atoms with van der Waals surface area (Å²) in [4.78, 5) is 11.4. The highest BCUT2D eigenvalue weighted by atomic mass is 32.2. The average molecular weight is 236 g/mol. The van der Waals surface area contributed by atoms with Gasteiger partial charge in [-0.25, -0.2) is 8.42 Å². The molecule has 5 nitrogen and oxygen atoms in total. The van der Waals surface area contributed by atoms with Gasteiger partial charge >= 0.3 is 5.97 Å². The number of esters is 1. The number of rotatable bonds is 3. The molecule has 1 saturated heterocycles. The molecule has 1 rings (SSSR count). The van der Waals surface area contributed by atoms with Gasteiger partial charge in [-0.1, -0.05) is 6.92 Å². The molecule has 0 amide bonds. The Kier molecular flexibility index (Phi) is 3.40. The van der Waals surface area contributed by atoms with Crippen LogP contribution < -0.4 is 0 Å². The second-order valence-electron chi connectivity index (χ2n) is 3.93. The summed E-state index contributed by atoms with van der Waals surface area (Å²) in [6, 6.07) is 0. The van der Waals surface area contributed by atoms with E-state index in [1.165, 1.54) is 7.11 Å². The molecule has 1 aliphatic heterocycles. The maximum Gasteiger partial charge on any atom is 0.311 e. The van der Waals surface area contributed by atoms with Crippen LogP contribution in [-0.4, -0.2) is 43.7 Å². The van der Waals surface area contributed by atoms with Crippen molar-refractivity contribution in [1.29, 1.82) is 0 Å². The van der Waals surface area contributed by atoms with Gasteiger partial charge in [0.05, 0.1) is 30.1 Å². The van der Waals surface area contributed by atoms with Crippen molar-refractivity contribution in [3.8, 4) is 0 Å². The van der Waals surface area contributed by atoms with Gasteiger partial charge in [-0.2, -0.15) is 0 Å². The van der Waals surface area contributed by atoms with Crippen molar-refractivity contribution < 1.29 is 23.1 Å². The van der Waals surface area contributed by atoms with Crippen molar-refractivity contribution in [3.63, 3.8) is 0 Å². The van der Waals surface area contributed by atoms with E-state index in [1.807, 2.05) is 0 Å². The number of methoxy groups -OCH3 is 1. The fourth-order valence-electron chi connectivity index (χ4n) is 2.04. The first-order valence-electron chi connectivity index (χ1n) is 4.85.